The minimum atomic E-state index is -0.896. The van der Waals surface area contributed by atoms with E-state index in [1.807, 2.05) is 27.0 Å². The van der Waals surface area contributed by atoms with Crippen molar-refractivity contribution in [3.63, 3.8) is 0 Å². The molecule has 268 valence electrons. The molecule has 0 aliphatic carbocycles. The van der Waals surface area contributed by atoms with Crippen LogP contribution in [-0.4, -0.2) is 102 Å². The maximum absolute atomic E-state index is 11.6. The minimum Gasteiger partial charge on any atom is -0.465 e. The molecule has 1 unspecified atom stereocenters. The van der Waals surface area contributed by atoms with Gasteiger partial charge in [0.15, 0.2) is 0 Å². The number of fused-ring (bicyclic) bond motifs is 1. The Morgan fingerprint density at radius 1 is 1.06 bits per heavy atom. The van der Waals surface area contributed by atoms with Crippen molar-refractivity contribution in [1.29, 1.82) is 0 Å². The molecule has 2 N–H and O–H groups in total. The summed E-state index contributed by atoms with van der Waals surface area (Å²) in [4.78, 5) is 20.3. The molecule has 1 atom stereocenters. The summed E-state index contributed by atoms with van der Waals surface area (Å²) in [6.45, 7) is 21.6. The third kappa shape index (κ3) is 7.63. The molecule has 0 spiro atoms. The fourth-order valence-corrected chi connectivity index (χ4v) is 6.62. The van der Waals surface area contributed by atoms with Crippen LogP contribution in [-0.2, 0) is 31.7 Å². The lowest BCUT2D eigenvalue weighted by Gasteiger charge is -2.35. The largest absolute Gasteiger partial charge is 0.494 e. The summed E-state index contributed by atoms with van der Waals surface area (Å²) >= 11 is 0. The number of methoxy groups -OCH3 is 1. The van der Waals surface area contributed by atoms with Gasteiger partial charge >= 0.3 is 13.2 Å². The zero-order chi connectivity index (χ0) is 35.9. The minimum absolute atomic E-state index is 0.0139. The van der Waals surface area contributed by atoms with E-state index in [9.17, 15) is 15.0 Å². The topological polar surface area (TPSA) is 119 Å². The Morgan fingerprint density at radius 2 is 1.71 bits per heavy atom. The van der Waals surface area contributed by atoms with E-state index in [4.69, 9.17) is 23.8 Å². The summed E-state index contributed by atoms with van der Waals surface area (Å²) in [5.74, 6) is 0. The second-order valence-electron chi connectivity index (χ2n) is 15.5. The summed E-state index contributed by atoms with van der Waals surface area (Å²) in [7, 11) is 1.16. The molecule has 1 aromatic carbocycles. The van der Waals surface area contributed by atoms with Gasteiger partial charge in [0.2, 0.25) is 0 Å². The summed E-state index contributed by atoms with van der Waals surface area (Å²) in [6, 6.07) is 8.59. The number of piperazine rings is 1. The van der Waals surface area contributed by atoms with Gasteiger partial charge in [0.25, 0.3) is 0 Å². The van der Waals surface area contributed by atoms with Crippen molar-refractivity contribution in [2.45, 2.75) is 98.7 Å². The number of pyridine rings is 1. The number of anilines is 1. The Bertz CT molecular complexity index is 1630. The van der Waals surface area contributed by atoms with Crippen LogP contribution in [0.2, 0.25) is 0 Å². The van der Waals surface area contributed by atoms with Gasteiger partial charge in [-0.3, -0.25) is 4.98 Å². The first-order chi connectivity index (χ1) is 23.0. The van der Waals surface area contributed by atoms with Gasteiger partial charge in [-0.2, -0.15) is 0 Å². The Labute approximate surface area is 291 Å². The molecule has 0 bridgehead atoms. The Morgan fingerprint density at radius 3 is 2.29 bits per heavy atom. The third-order valence-electron chi connectivity index (χ3n) is 10.4. The lowest BCUT2D eigenvalue weighted by atomic mass is 9.77. The van der Waals surface area contributed by atoms with Gasteiger partial charge in [-0.15, -0.1) is 0 Å². The number of aromatic nitrogens is 2. The van der Waals surface area contributed by atoms with E-state index in [1.165, 1.54) is 4.90 Å². The summed E-state index contributed by atoms with van der Waals surface area (Å²) in [5, 5.41) is 21.1. The number of nitrogens with zero attached hydrogens (tertiary/aromatic N) is 4. The fourth-order valence-electron chi connectivity index (χ4n) is 6.62. The highest BCUT2D eigenvalue weighted by molar-refractivity contribution is 6.62. The van der Waals surface area contributed by atoms with E-state index in [-0.39, 0.29) is 18.8 Å². The normalized spacial score (nSPS) is 18.6. The van der Waals surface area contributed by atoms with Crippen molar-refractivity contribution in [3.8, 4) is 11.3 Å². The fraction of sp³-hybridized carbons (Fsp3) is 0.622. The van der Waals surface area contributed by atoms with Crippen molar-refractivity contribution in [2.24, 2.45) is 5.41 Å². The molecule has 1 amide bonds. The lowest BCUT2D eigenvalue weighted by molar-refractivity contribution is 0.00578. The van der Waals surface area contributed by atoms with Gasteiger partial charge in [0.1, 0.15) is 0 Å². The molecule has 49 heavy (non-hydrogen) atoms. The highest BCUT2D eigenvalue weighted by Crippen LogP contribution is 2.42. The molecule has 12 heteroatoms. The van der Waals surface area contributed by atoms with Crippen molar-refractivity contribution < 1.29 is 33.8 Å². The summed E-state index contributed by atoms with van der Waals surface area (Å²) < 4.78 is 27.3. The zero-order valence-electron chi connectivity index (χ0n) is 31.0. The van der Waals surface area contributed by atoms with Crippen molar-refractivity contribution >= 4 is 35.3 Å². The molecule has 2 aliphatic heterocycles. The highest BCUT2D eigenvalue weighted by atomic mass is 16.7. The molecule has 2 saturated heterocycles. The number of hydrogen-bond donors (Lipinski definition) is 2. The number of carbonyl (C=O) groups is 1. The third-order valence-corrected chi connectivity index (χ3v) is 10.4. The Hall–Kier alpha value is -3.16. The molecule has 2 fully saturated rings. The quantitative estimate of drug-likeness (QED) is 0.240. The van der Waals surface area contributed by atoms with Gasteiger partial charge in [-0.1, -0.05) is 26.0 Å². The van der Waals surface area contributed by atoms with Crippen molar-refractivity contribution in [1.82, 2.24) is 14.5 Å². The molecule has 3 aromatic rings. The second-order valence-corrected chi connectivity index (χ2v) is 15.5. The average molecular weight is 679 g/mol. The van der Waals surface area contributed by atoms with Gasteiger partial charge in [0.05, 0.1) is 53.3 Å². The number of rotatable bonds is 12. The number of benzene rings is 1. The SMILES string of the molecule is COC(C)c1ncc(N2CCN(C(=O)O)CC2)cc1-c1c(CC(C)(C)CO)c2cc(B3OC(C)(C)C(C)(C)O3)ccc2n1CCOC(C)C. The Kier molecular flexibility index (Phi) is 10.8. The molecule has 0 saturated carbocycles. The predicted octanol–water partition coefficient (Wildman–Crippen LogP) is 5.50. The number of amides is 1. The van der Waals surface area contributed by atoms with Gasteiger partial charge < -0.3 is 43.4 Å². The smallest absolute Gasteiger partial charge is 0.465 e. The van der Waals surface area contributed by atoms with E-state index in [2.05, 4.69) is 75.3 Å². The lowest BCUT2D eigenvalue weighted by Crippen LogP contribution is -2.48. The monoisotopic (exact) mass is 678 g/mol. The van der Waals surface area contributed by atoms with Crippen LogP contribution >= 0.6 is 0 Å². The molecule has 4 heterocycles. The maximum atomic E-state index is 11.6. The standard InChI is InChI=1S/C37H55BN4O7/c1-24(2)47-18-17-42-31-12-11-26(38-48-36(6,7)37(8,9)49-38)19-28(31)30(21-35(4,5)23-43)33(42)29-20-27(22-39-32(29)25(3)46-10)40-13-15-41(16-14-40)34(44)45/h11-12,19-20,22,24-25,43H,13-18,21,23H2,1-10H3,(H,44,45). The molecule has 11 nitrogen and oxygen atoms in total. The van der Waals surface area contributed by atoms with Gasteiger partial charge in [-0.05, 0) is 83.5 Å². The number of carboxylic acid groups (broad SMARTS) is 1. The molecular weight excluding hydrogens is 623 g/mol. The van der Waals surface area contributed by atoms with E-state index < -0.39 is 29.8 Å². The number of hydrogen-bond acceptors (Lipinski definition) is 8. The molecule has 5 rings (SSSR count). The van der Waals surface area contributed by atoms with E-state index in [0.29, 0.717) is 45.8 Å². The van der Waals surface area contributed by atoms with Crippen molar-refractivity contribution in [3.05, 3.63) is 41.7 Å². The molecule has 0 radical (unpaired) electrons. The van der Waals surface area contributed by atoms with Crippen LogP contribution in [0, 0.1) is 5.41 Å². The number of ether oxygens (including phenoxy) is 2. The summed E-state index contributed by atoms with van der Waals surface area (Å²) in [5.41, 5.74) is 5.37. The van der Waals surface area contributed by atoms with Crippen LogP contribution < -0.4 is 10.4 Å². The molecular formula is C37H55BN4O7. The van der Waals surface area contributed by atoms with Gasteiger partial charge in [0, 0.05) is 62.9 Å². The molecule has 2 aromatic heterocycles. The van der Waals surface area contributed by atoms with Crippen LogP contribution in [0.25, 0.3) is 22.2 Å². The maximum Gasteiger partial charge on any atom is 0.494 e. The van der Waals surface area contributed by atoms with Crippen LogP contribution in [0.5, 0.6) is 0 Å². The zero-order valence-corrected chi connectivity index (χ0v) is 31.0. The predicted molar refractivity (Wildman–Crippen MR) is 194 cm³/mol. The Balaban J connectivity index is 1.74. The number of aliphatic hydroxyl groups is 1. The average Bonchev–Trinajstić information content (AvgIpc) is 3.47. The first-order valence-electron chi connectivity index (χ1n) is 17.5. The van der Waals surface area contributed by atoms with Crippen LogP contribution in [0.1, 0.15) is 79.7 Å². The number of aliphatic hydroxyl groups excluding tert-OH is 1. The van der Waals surface area contributed by atoms with Crippen molar-refractivity contribution in [2.75, 3.05) is 51.4 Å². The summed E-state index contributed by atoms with van der Waals surface area (Å²) in [6.07, 6.45) is 1.35. The van der Waals surface area contributed by atoms with Gasteiger partial charge in [-0.25, -0.2) is 4.79 Å². The van der Waals surface area contributed by atoms with Crippen LogP contribution in [0.3, 0.4) is 0 Å². The highest BCUT2D eigenvalue weighted by Gasteiger charge is 2.51. The molecule has 2 aliphatic rings. The second kappa shape index (κ2) is 14.2. The van der Waals surface area contributed by atoms with Crippen LogP contribution in [0.15, 0.2) is 30.5 Å². The van der Waals surface area contributed by atoms with E-state index in [1.54, 1.807) is 7.11 Å². The first kappa shape index (κ1) is 37.1. The first-order valence-corrected chi connectivity index (χ1v) is 17.5. The van der Waals surface area contributed by atoms with Crippen LogP contribution in [0.4, 0.5) is 10.5 Å². The van der Waals surface area contributed by atoms with E-state index in [0.717, 1.165) is 44.6 Å². The van der Waals surface area contributed by atoms with E-state index >= 15 is 0 Å².